The number of carboxylic acid groups (broad SMARTS) is 1. The van der Waals surface area contributed by atoms with Crippen LogP contribution in [0.3, 0.4) is 0 Å². The molecule has 5 rings (SSSR count). The number of nitrogens with zero attached hydrogens (tertiary/aromatic N) is 1. The lowest BCUT2D eigenvalue weighted by Gasteiger charge is -2.37. The summed E-state index contributed by atoms with van der Waals surface area (Å²) in [7, 11) is 0. The molecule has 3 fully saturated rings. The minimum atomic E-state index is -1.51. The Morgan fingerprint density at radius 2 is 1.85 bits per heavy atom. The molecule has 33 heavy (non-hydrogen) atoms. The fourth-order valence-electron chi connectivity index (χ4n) is 6.38. The number of hydrogen-bond acceptors (Lipinski definition) is 6. The minimum absolute atomic E-state index is 0.131. The Labute approximate surface area is 193 Å². The average molecular weight is 457 g/mol. The lowest BCUT2D eigenvalue weighted by Crippen LogP contribution is -2.60. The van der Waals surface area contributed by atoms with E-state index < -0.39 is 29.4 Å². The van der Waals surface area contributed by atoms with Gasteiger partial charge < -0.3 is 14.6 Å². The van der Waals surface area contributed by atoms with Crippen LogP contribution in [-0.4, -0.2) is 52.6 Å². The Bertz CT molecular complexity index is 974. The molecule has 1 aliphatic carbocycles. The van der Waals surface area contributed by atoms with Crippen LogP contribution in [0, 0.1) is 17.8 Å². The van der Waals surface area contributed by atoms with Crippen molar-refractivity contribution in [3.05, 3.63) is 23.8 Å². The summed E-state index contributed by atoms with van der Waals surface area (Å²) in [6, 6.07) is 4.73. The summed E-state index contributed by atoms with van der Waals surface area (Å²) >= 11 is 0. The number of amides is 2. The Morgan fingerprint density at radius 1 is 1.15 bits per heavy atom. The number of carboxylic acids is 1. The average Bonchev–Trinajstić information content (AvgIpc) is 3.33. The van der Waals surface area contributed by atoms with Gasteiger partial charge in [0.25, 0.3) is 0 Å². The second-order valence-corrected chi connectivity index (χ2v) is 9.85. The molecule has 8 nitrogen and oxygen atoms in total. The summed E-state index contributed by atoms with van der Waals surface area (Å²) in [5.41, 5.74) is -0.764. The molecule has 1 saturated carbocycles. The standard InChI is InChI=1S/C25H32N2O6/c1-3-14(2)25(24(30)31)20-19(22(28)27(23(20)29)16-7-5-4-6-8-16)21(26-25)15-9-10-17-18(13-15)33-12-11-32-17/h9-10,13-14,16,19-21,26H,3-8,11-12H2,1-2H3,(H,30,31). The number of rotatable bonds is 5. The molecule has 2 amide bonds. The first-order valence-corrected chi connectivity index (χ1v) is 12.2. The normalized spacial score (nSPS) is 32.7. The molecule has 5 atom stereocenters. The molecular formula is C25H32N2O6. The number of hydrogen-bond donors (Lipinski definition) is 2. The number of ether oxygens (including phenoxy) is 2. The maximum absolute atomic E-state index is 13.8. The van der Waals surface area contributed by atoms with Crippen LogP contribution in [0.2, 0.25) is 0 Å². The van der Waals surface area contributed by atoms with E-state index in [0.717, 1.165) is 37.7 Å². The van der Waals surface area contributed by atoms with Crippen LogP contribution in [0.4, 0.5) is 0 Å². The lowest BCUT2D eigenvalue weighted by molar-refractivity contribution is -0.155. The van der Waals surface area contributed by atoms with E-state index in [2.05, 4.69) is 5.32 Å². The number of likely N-dealkylation sites (tertiary alicyclic amines) is 1. The zero-order chi connectivity index (χ0) is 23.3. The van der Waals surface area contributed by atoms with Crippen molar-refractivity contribution in [3.63, 3.8) is 0 Å². The van der Waals surface area contributed by atoms with E-state index in [9.17, 15) is 19.5 Å². The highest BCUT2D eigenvalue weighted by molar-refractivity contribution is 6.09. The molecule has 1 aromatic carbocycles. The van der Waals surface area contributed by atoms with Crippen LogP contribution >= 0.6 is 0 Å². The summed E-state index contributed by atoms with van der Waals surface area (Å²) in [5.74, 6) is -2.46. The highest BCUT2D eigenvalue weighted by atomic mass is 16.6. The Morgan fingerprint density at radius 3 is 2.52 bits per heavy atom. The van der Waals surface area contributed by atoms with Gasteiger partial charge in [0.15, 0.2) is 11.5 Å². The van der Waals surface area contributed by atoms with Gasteiger partial charge in [-0.25, -0.2) is 0 Å². The Balaban J connectivity index is 1.60. The molecule has 4 aliphatic rings. The van der Waals surface area contributed by atoms with Gasteiger partial charge in [-0.05, 0) is 36.5 Å². The SMILES string of the molecule is CCC(C)C1(C(=O)O)NC(c2ccc3c(c2)OCCO3)C2C(=O)N(C3CCCCC3)C(=O)C21. The van der Waals surface area contributed by atoms with Gasteiger partial charge in [0, 0.05) is 12.1 Å². The van der Waals surface area contributed by atoms with Crippen LogP contribution in [-0.2, 0) is 14.4 Å². The van der Waals surface area contributed by atoms with Gasteiger partial charge in [0.05, 0.1) is 11.8 Å². The van der Waals surface area contributed by atoms with E-state index in [1.807, 2.05) is 26.0 Å². The van der Waals surface area contributed by atoms with Crippen molar-refractivity contribution >= 4 is 17.8 Å². The van der Waals surface area contributed by atoms with Crippen molar-refractivity contribution in [2.24, 2.45) is 17.8 Å². The van der Waals surface area contributed by atoms with Crippen molar-refractivity contribution in [2.45, 2.75) is 70.0 Å². The van der Waals surface area contributed by atoms with Crippen LogP contribution in [0.5, 0.6) is 11.5 Å². The predicted octanol–water partition coefficient (Wildman–Crippen LogP) is 2.91. The molecule has 0 bridgehead atoms. The first-order chi connectivity index (χ1) is 15.9. The number of benzene rings is 1. The summed E-state index contributed by atoms with van der Waals surface area (Å²) in [6.07, 6.45) is 5.23. The van der Waals surface area contributed by atoms with Gasteiger partial charge in [0.2, 0.25) is 11.8 Å². The molecule has 2 N–H and O–H groups in total. The molecule has 1 aromatic rings. The fourth-order valence-corrected chi connectivity index (χ4v) is 6.38. The summed E-state index contributed by atoms with van der Waals surface area (Å²) < 4.78 is 11.4. The zero-order valence-electron chi connectivity index (χ0n) is 19.2. The number of imide groups is 1. The molecule has 5 unspecified atom stereocenters. The molecule has 8 heteroatoms. The number of nitrogens with one attached hydrogen (secondary N) is 1. The third kappa shape index (κ3) is 3.25. The molecule has 3 heterocycles. The minimum Gasteiger partial charge on any atom is -0.486 e. The van der Waals surface area contributed by atoms with Gasteiger partial charge in [-0.2, -0.15) is 0 Å². The number of carbonyl (C=O) groups excluding carboxylic acids is 2. The Hall–Kier alpha value is -2.61. The van der Waals surface area contributed by atoms with E-state index in [0.29, 0.717) is 31.1 Å². The zero-order valence-corrected chi connectivity index (χ0v) is 19.2. The summed E-state index contributed by atoms with van der Waals surface area (Å²) in [5, 5.41) is 13.8. The topological polar surface area (TPSA) is 105 Å². The molecule has 178 valence electrons. The van der Waals surface area contributed by atoms with Gasteiger partial charge in [-0.3, -0.25) is 24.6 Å². The number of carbonyl (C=O) groups is 3. The lowest BCUT2D eigenvalue weighted by atomic mass is 9.72. The van der Waals surface area contributed by atoms with Crippen LogP contribution in [0.15, 0.2) is 18.2 Å². The number of aliphatic carboxylic acids is 1. The third-order valence-electron chi connectivity index (χ3n) is 8.24. The van der Waals surface area contributed by atoms with Crippen LogP contribution in [0.25, 0.3) is 0 Å². The smallest absolute Gasteiger partial charge is 0.325 e. The van der Waals surface area contributed by atoms with E-state index in [1.165, 1.54) is 4.90 Å². The second kappa shape index (κ2) is 8.31. The van der Waals surface area contributed by atoms with Crippen molar-refractivity contribution in [1.29, 1.82) is 0 Å². The van der Waals surface area contributed by atoms with Gasteiger partial charge >= 0.3 is 5.97 Å². The predicted molar refractivity (Wildman–Crippen MR) is 119 cm³/mol. The third-order valence-corrected chi connectivity index (χ3v) is 8.24. The molecular weight excluding hydrogens is 424 g/mol. The van der Waals surface area contributed by atoms with Crippen molar-refractivity contribution in [3.8, 4) is 11.5 Å². The van der Waals surface area contributed by atoms with Crippen molar-refractivity contribution in [2.75, 3.05) is 13.2 Å². The van der Waals surface area contributed by atoms with Gasteiger partial charge in [-0.15, -0.1) is 0 Å². The summed E-state index contributed by atoms with van der Waals surface area (Å²) in [6.45, 7) is 4.67. The quantitative estimate of drug-likeness (QED) is 0.657. The second-order valence-electron chi connectivity index (χ2n) is 9.85. The number of fused-ring (bicyclic) bond motifs is 2. The summed E-state index contributed by atoms with van der Waals surface area (Å²) in [4.78, 5) is 41.9. The monoisotopic (exact) mass is 456 g/mol. The molecule has 0 aromatic heterocycles. The van der Waals surface area contributed by atoms with Gasteiger partial charge in [-0.1, -0.05) is 45.6 Å². The van der Waals surface area contributed by atoms with E-state index in [-0.39, 0.29) is 23.8 Å². The molecule has 0 radical (unpaired) electrons. The van der Waals surface area contributed by atoms with E-state index >= 15 is 0 Å². The first kappa shape index (κ1) is 22.2. The largest absolute Gasteiger partial charge is 0.486 e. The van der Waals surface area contributed by atoms with Gasteiger partial charge in [0.1, 0.15) is 18.8 Å². The van der Waals surface area contributed by atoms with Crippen LogP contribution < -0.4 is 14.8 Å². The fraction of sp³-hybridized carbons (Fsp3) is 0.640. The Kier molecular flexibility index (Phi) is 5.59. The van der Waals surface area contributed by atoms with E-state index in [4.69, 9.17) is 9.47 Å². The molecule has 3 aliphatic heterocycles. The van der Waals surface area contributed by atoms with Crippen LogP contribution in [0.1, 0.15) is 64.0 Å². The first-order valence-electron chi connectivity index (χ1n) is 12.2. The molecule has 2 saturated heterocycles. The van der Waals surface area contributed by atoms with E-state index in [1.54, 1.807) is 6.07 Å². The highest BCUT2D eigenvalue weighted by Crippen LogP contribution is 2.53. The van der Waals surface area contributed by atoms with Crippen molar-refractivity contribution < 1.29 is 29.0 Å². The maximum atomic E-state index is 13.8. The highest BCUT2D eigenvalue weighted by Gasteiger charge is 2.70. The van der Waals surface area contributed by atoms with Crippen molar-refractivity contribution in [1.82, 2.24) is 10.2 Å². The maximum Gasteiger partial charge on any atom is 0.325 e. The molecule has 0 spiro atoms.